The molecule has 0 fully saturated rings. The van der Waals surface area contributed by atoms with Gasteiger partial charge in [0.1, 0.15) is 11.8 Å². The first kappa shape index (κ1) is 19.9. The Hall–Kier alpha value is -3.06. The van der Waals surface area contributed by atoms with E-state index >= 15 is 0 Å². The lowest BCUT2D eigenvalue weighted by Gasteiger charge is -2.32. The first-order chi connectivity index (χ1) is 15.2. The summed E-state index contributed by atoms with van der Waals surface area (Å²) in [7, 11) is 0. The third kappa shape index (κ3) is 3.85. The Morgan fingerprint density at radius 3 is 2.77 bits per heavy atom. The molecule has 31 heavy (non-hydrogen) atoms. The fraction of sp³-hybridized carbons (Fsp3) is 0.292. The third-order valence-corrected chi connectivity index (χ3v) is 6.48. The first-order valence-electron chi connectivity index (χ1n) is 10.6. The number of hydrogen-bond donors (Lipinski definition) is 1. The highest BCUT2D eigenvalue weighted by Crippen LogP contribution is 2.43. The molecular weight excluding hydrogens is 408 g/mol. The summed E-state index contributed by atoms with van der Waals surface area (Å²) in [5.41, 5.74) is 3.92. The van der Waals surface area contributed by atoms with Gasteiger partial charge in [0, 0.05) is 29.0 Å². The van der Waals surface area contributed by atoms with Crippen LogP contribution in [0.3, 0.4) is 0 Å². The van der Waals surface area contributed by atoms with E-state index in [4.69, 9.17) is 14.8 Å². The minimum Gasteiger partial charge on any atom is -0.494 e. The Labute approximate surface area is 185 Å². The average molecular weight is 433 g/mol. The SMILES string of the molecule is CCOc1ccccc1C1C2=C(CCCC2=O)Nc2nc(SCc3ccccc3)nn21. The quantitative estimate of drug-likeness (QED) is 0.554. The van der Waals surface area contributed by atoms with Crippen molar-refractivity contribution in [2.24, 2.45) is 0 Å². The zero-order valence-electron chi connectivity index (χ0n) is 17.4. The van der Waals surface area contributed by atoms with Crippen LogP contribution in [0.4, 0.5) is 5.95 Å². The minimum atomic E-state index is -0.333. The number of fused-ring (bicyclic) bond motifs is 1. The third-order valence-electron chi connectivity index (χ3n) is 5.57. The van der Waals surface area contributed by atoms with Crippen LogP contribution in [0.1, 0.15) is 43.4 Å². The molecule has 2 heterocycles. The molecule has 0 spiro atoms. The van der Waals surface area contributed by atoms with Gasteiger partial charge in [0.2, 0.25) is 11.1 Å². The molecule has 1 aliphatic heterocycles. The molecule has 5 rings (SSSR count). The number of nitrogens with one attached hydrogen (secondary N) is 1. The van der Waals surface area contributed by atoms with Crippen molar-refractivity contribution < 1.29 is 9.53 Å². The number of nitrogens with zero attached hydrogens (tertiary/aromatic N) is 3. The molecule has 0 radical (unpaired) electrons. The summed E-state index contributed by atoms with van der Waals surface area (Å²) in [5.74, 6) is 2.42. The van der Waals surface area contributed by atoms with E-state index in [-0.39, 0.29) is 11.8 Å². The summed E-state index contributed by atoms with van der Waals surface area (Å²) in [5, 5.41) is 8.90. The van der Waals surface area contributed by atoms with E-state index < -0.39 is 0 Å². The van der Waals surface area contributed by atoms with Crippen molar-refractivity contribution in [3.63, 3.8) is 0 Å². The molecular formula is C24H24N4O2S. The fourth-order valence-corrected chi connectivity index (χ4v) is 4.99. The van der Waals surface area contributed by atoms with Crippen molar-refractivity contribution in [1.82, 2.24) is 14.8 Å². The maximum absolute atomic E-state index is 13.0. The van der Waals surface area contributed by atoms with Gasteiger partial charge in [-0.1, -0.05) is 60.3 Å². The van der Waals surface area contributed by atoms with Crippen molar-refractivity contribution in [2.45, 2.75) is 43.1 Å². The summed E-state index contributed by atoms with van der Waals surface area (Å²) in [6, 6.07) is 17.9. The highest BCUT2D eigenvalue weighted by atomic mass is 32.2. The van der Waals surface area contributed by atoms with Crippen LogP contribution in [0, 0.1) is 0 Å². The highest BCUT2D eigenvalue weighted by Gasteiger charge is 2.38. The molecule has 0 amide bonds. The topological polar surface area (TPSA) is 69.0 Å². The molecule has 3 aromatic rings. The molecule has 0 bridgehead atoms. The molecule has 1 N–H and O–H groups in total. The van der Waals surface area contributed by atoms with Gasteiger partial charge in [0.05, 0.1) is 6.61 Å². The maximum Gasteiger partial charge on any atom is 0.227 e. The van der Waals surface area contributed by atoms with Crippen molar-refractivity contribution >= 4 is 23.5 Å². The van der Waals surface area contributed by atoms with Gasteiger partial charge in [-0.2, -0.15) is 4.98 Å². The number of ether oxygens (including phenoxy) is 1. The van der Waals surface area contributed by atoms with Crippen LogP contribution >= 0.6 is 11.8 Å². The molecule has 0 saturated carbocycles. The van der Waals surface area contributed by atoms with Gasteiger partial charge in [0.15, 0.2) is 5.78 Å². The molecule has 2 aromatic carbocycles. The number of carbonyl (C=O) groups excluding carboxylic acids is 1. The minimum absolute atomic E-state index is 0.171. The number of benzene rings is 2. The zero-order chi connectivity index (χ0) is 21.2. The molecule has 158 valence electrons. The number of thioether (sulfide) groups is 1. The van der Waals surface area contributed by atoms with Gasteiger partial charge in [-0.25, -0.2) is 4.68 Å². The smallest absolute Gasteiger partial charge is 0.227 e. The van der Waals surface area contributed by atoms with E-state index in [9.17, 15) is 4.79 Å². The van der Waals surface area contributed by atoms with Gasteiger partial charge in [-0.05, 0) is 31.4 Å². The number of allylic oxidation sites excluding steroid dienone is 2. The summed E-state index contributed by atoms with van der Waals surface area (Å²) in [6.07, 6.45) is 2.26. The number of carbonyl (C=O) groups is 1. The predicted molar refractivity (Wildman–Crippen MR) is 121 cm³/mol. The van der Waals surface area contributed by atoms with Gasteiger partial charge in [-0.15, -0.1) is 5.10 Å². The lowest BCUT2D eigenvalue weighted by atomic mass is 9.85. The zero-order valence-corrected chi connectivity index (χ0v) is 18.2. The van der Waals surface area contributed by atoms with Crippen LogP contribution in [-0.2, 0) is 10.5 Å². The molecule has 7 heteroatoms. The standard InChI is InChI=1S/C24H24N4O2S/c1-2-30-20-14-7-6-11-17(20)22-21-18(12-8-13-19(21)29)25-23-26-24(27-28(22)23)31-15-16-9-4-3-5-10-16/h3-7,9-11,14,22H,2,8,12-13,15H2,1H3,(H,25,26,27). The number of anilines is 1. The molecule has 2 aliphatic rings. The van der Waals surface area contributed by atoms with Crippen molar-refractivity contribution in [3.05, 3.63) is 77.0 Å². The molecule has 0 saturated heterocycles. The van der Waals surface area contributed by atoms with E-state index in [2.05, 4.69) is 17.4 Å². The summed E-state index contributed by atoms with van der Waals surface area (Å²) < 4.78 is 7.77. The van der Waals surface area contributed by atoms with Crippen LogP contribution in [0.5, 0.6) is 5.75 Å². The van der Waals surface area contributed by atoms with Gasteiger partial charge in [0.25, 0.3) is 0 Å². The molecule has 1 atom stereocenters. The summed E-state index contributed by atoms with van der Waals surface area (Å²) in [6.45, 7) is 2.53. The van der Waals surface area contributed by atoms with Gasteiger partial charge < -0.3 is 10.1 Å². The van der Waals surface area contributed by atoms with Gasteiger partial charge >= 0.3 is 0 Å². The van der Waals surface area contributed by atoms with E-state index in [1.807, 2.05) is 54.1 Å². The maximum atomic E-state index is 13.0. The molecule has 1 aromatic heterocycles. The number of para-hydroxylation sites is 1. The number of rotatable bonds is 6. The van der Waals surface area contributed by atoms with Crippen molar-refractivity contribution in [3.8, 4) is 5.75 Å². The lowest BCUT2D eigenvalue weighted by Crippen LogP contribution is -2.31. The highest BCUT2D eigenvalue weighted by molar-refractivity contribution is 7.98. The van der Waals surface area contributed by atoms with Crippen LogP contribution in [0.2, 0.25) is 0 Å². The normalized spacial score (nSPS) is 17.7. The van der Waals surface area contributed by atoms with Crippen LogP contribution in [-0.4, -0.2) is 27.2 Å². The Bertz CT molecular complexity index is 1140. The van der Waals surface area contributed by atoms with Crippen molar-refractivity contribution in [2.75, 3.05) is 11.9 Å². The van der Waals surface area contributed by atoms with Crippen molar-refractivity contribution in [1.29, 1.82) is 0 Å². The summed E-state index contributed by atoms with van der Waals surface area (Å²) in [4.78, 5) is 17.8. The Kier molecular flexibility index (Phi) is 5.51. The molecule has 1 unspecified atom stereocenters. The second kappa shape index (κ2) is 8.59. The number of ketones is 1. The largest absolute Gasteiger partial charge is 0.494 e. The Morgan fingerprint density at radius 1 is 1.13 bits per heavy atom. The van der Waals surface area contributed by atoms with E-state index in [1.54, 1.807) is 11.8 Å². The Morgan fingerprint density at radius 2 is 1.94 bits per heavy atom. The summed E-state index contributed by atoms with van der Waals surface area (Å²) >= 11 is 1.60. The van der Waals surface area contributed by atoms with Crippen LogP contribution in [0.25, 0.3) is 0 Å². The molecule has 6 nitrogen and oxygen atoms in total. The second-order valence-corrected chi connectivity index (χ2v) is 8.55. The van der Waals surface area contributed by atoms with Crippen LogP contribution < -0.4 is 10.1 Å². The number of hydrogen-bond acceptors (Lipinski definition) is 6. The van der Waals surface area contributed by atoms with E-state index in [0.717, 1.165) is 41.2 Å². The van der Waals surface area contributed by atoms with Crippen LogP contribution in [0.15, 0.2) is 71.0 Å². The second-order valence-electron chi connectivity index (χ2n) is 7.60. The predicted octanol–water partition coefficient (Wildman–Crippen LogP) is 4.99. The van der Waals surface area contributed by atoms with E-state index in [0.29, 0.717) is 24.1 Å². The lowest BCUT2D eigenvalue weighted by molar-refractivity contribution is -0.116. The number of aromatic nitrogens is 3. The van der Waals surface area contributed by atoms with E-state index in [1.165, 1.54) is 5.56 Å². The number of Topliss-reactive ketones (excluding diaryl/α,β-unsaturated/α-hetero) is 1. The monoisotopic (exact) mass is 432 g/mol. The molecule has 1 aliphatic carbocycles. The fourth-order valence-electron chi connectivity index (χ4n) is 4.20. The first-order valence-corrected chi connectivity index (χ1v) is 11.6. The average Bonchev–Trinajstić information content (AvgIpc) is 3.20. The van der Waals surface area contributed by atoms with Gasteiger partial charge in [-0.3, -0.25) is 4.79 Å². The Balaban J connectivity index is 1.55.